The van der Waals surface area contributed by atoms with Gasteiger partial charge in [-0.15, -0.1) is 11.8 Å². The van der Waals surface area contributed by atoms with Crippen LogP contribution in [0.4, 0.5) is 0 Å². The summed E-state index contributed by atoms with van der Waals surface area (Å²) in [5.74, 6) is 0. The Balaban J connectivity index is 2.65. The highest BCUT2D eigenvalue weighted by Crippen LogP contribution is 2.30. The summed E-state index contributed by atoms with van der Waals surface area (Å²) >= 11 is 1.35. The van der Waals surface area contributed by atoms with Crippen LogP contribution in [0.15, 0.2) is 0 Å². The van der Waals surface area contributed by atoms with Gasteiger partial charge in [0, 0.05) is 5.25 Å². The lowest BCUT2D eigenvalue weighted by Crippen LogP contribution is -2.57. The van der Waals surface area contributed by atoms with E-state index in [9.17, 15) is 15.3 Å². The highest BCUT2D eigenvalue weighted by Gasteiger charge is 2.43. The molecular formula is C9H18O5S. The lowest BCUT2D eigenvalue weighted by molar-refractivity contribution is -0.205. The molecule has 0 bridgehead atoms. The van der Waals surface area contributed by atoms with Crippen LogP contribution in [0, 0.1) is 0 Å². The van der Waals surface area contributed by atoms with E-state index in [2.05, 4.69) is 0 Å². The van der Waals surface area contributed by atoms with Gasteiger partial charge < -0.3 is 25.2 Å². The van der Waals surface area contributed by atoms with Gasteiger partial charge in [0.2, 0.25) is 0 Å². The summed E-state index contributed by atoms with van der Waals surface area (Å²) in [4.78, 5) is 0. The van der Waals surface area contributed by atoms with E-state index >= 15 is 0 Å². The van der Waals surface area contributed by atoms with Crippen LogP contribution in [0.25, 0.3) is 0 Å². The second-order valence-corrected chi connectivity index (χ2v) is 5.56. The van der Waals surface area contributed by atoms with E-state index < -0.39 is 29.9 Å². The Kier molecular flexibility index (Phi) is 4.82. The molecule has 5 nitrogen and oxygen atoms in total. The van der Waals surface area contributed by atoms with Crippen LogP contribution in [0.3, 0.4) is 0 Å². The van der Waals surface area contributed by atoms with Crippen molar-refractivity contribution in [1.29, 1.82) is 0 Å². The van der Waals surface area contributed by atoms with Gasteiger partial charge in [-0.1, -0.05) is 13.8 Å². The topological polar surface area (TPSA) is 90.2 Å². The quantitative estimate of drug-likeness (QED) is 0.500. The van der Waals surface area contributed by atoms with E-state index in [1.165, 1.54) is 11.8 Å². The highest BCUT2D eigenvalue weighted by atomic mass is 32.2. The van der Waals surface area contributed by atoms with Gasteiger partial charge in [0.05, 0.1) is 6.61 Å². The Morgan fingerprint density at radius 3 is 2.20 bits per heavy atom. The maximum atomic E-state index is 9.63. The van der Waals surface area contributed by atoms with Gasteiger partial charge in [0.15, 0.2) is 0 Å². The monoisotopic (exact) mass is 238 g/mol. The lowest BCUT2D eigenvalue weighted by atomic mass is 10.0. The molecule has 1 aliphatic rings. The molecule has 0 aromatic heterocycles. The fraction of sp³-hybridized carbons (Fsp3) is 1.00. The summed E-state index contributed by atoms with van der Waals surface area (Å²) in [6, 6.07) is 0. The summed E-state index contributed by atoms with van der Waals surface area (Å²) in [6.07, 6.45) is -4.48. The Labute approximate surface area is 93.1 Å². The lowest BCUT2D eigenvalue weighted by Gasteiger charge is -2.40. The molecule has 0 amide bonds. The minimum atomic E-state index is -1.27. The van der Waals surface area contributed by atoms with Gasteiger partial charge >= 0.3 is 0 Å². The van der Waals surface area contributed by atoms with E-state index in [0.29, 0.717) is 0 Å². The van der Waals surface area contributed by atoms with E-state index in [4.69, 9.17) is 9.84 Å². The summed E-state index contributed by atoms with van der Waals surface area (Å²) in [5, 5.41) is 37.8. The van der Waals surface area contributed by atoms with Crippen molar-refractivity contribution in [3.8, 4) is 0 Å². The Morgan fingerprint density at radius 1 is 1.13 bits per heavy atom. The third-order valence-electron chi connectivity index (χ3n) is 2.25. The zero-order valence-corrected chi connectivity index (χ0v) is 9.59. The Hall–Kier alpha value is 0.150. The predicted molar refractivity (Wildman–Crippen MR) is 56.5 cm³/mol. The molecule has 5 atom stereocenters. The molecule has 15 heavy (non-hydrogen) atoms. The molecule has 1 rings (SSSR count). The van der Waals surface area contributed by atoms with Crippen molar-refractivity contribution < 1.29 is 25.2 Å². The number of ether oxygens (including phenoxy) is 1. The fourth-order valence-corrected chi connectivity index (χ4v) is 2.51. The van der Waals surface area contributed by atoms with E-state index in [1.807, 2.05) is 13.8 Å². The van der Waals surface area contributed by atoms with Crippen LogP contribution in [0.5, 0.6) is 0 Å². The van der Waals surface area contributed by atoms with Crippen molar-refractivity contribution in [1.82, 2.24) is 0 Å². The molecule has 1 saturated heterocycles. The van der Waals surface area contributed by atoms with Gasteiger partial charge in [-0.2, -0.15) is 0 Å². The van der Waals surface area contributed by atoms with Gasteiger partial charge in [-0.25, -0.2) is 0 Å². The van der Waals surface area contributed by atoms with E-state index in [1.54, 1.807) is 0 Å². The summed E-state index contributed by atoms with van der Waals surface area (Å²) in [5.41, 5.74) is -0.611. The predicted octanol–water partition coefficient (Wildman–Crippen LogP) is -1.07. The Morgan fingerprint density at radius 2 is 1.73 bits per heavy atom. The molecule has 0 radical (unpaired) electrons. The first-order chi connectivity index (χ1) is 6.97. The molecule has 0 saturated carbocycles. The molecule has 1 aliphatic heterocycles. The van der Waals surface area contributed by atoms with Crippen molar-refractivity contribution >= 4 is 11.8 Å². The number of hydrogen-bond donors (Lipinski definition) is 4. The molecule has 1 fully saturated rings. The summed E-state index contributed by atoms with van der Waals surface area (Å²) < 4.78 is 5.29. The van der Waals surface area contributed by atoms with Crippen LogP contribution < -0.4 is 0 Å². The molecule has 0 aliphatic carbocycles. The standard InChI is InChI=1S/C9H18O5S/c1-4(2)15-9-8(13)7(12)6(11)5(3-10)14-9/h4-13H,3H2,1-2H3/t5?,6-,7?,8?,9-/m0/s1. The zero-order chi connectivity index (χ0) is 11.6. The first-order valence-electron chi connectivity index (χ1n) is 4.93. The first kappa shape index (κ1) is 13.2. The molecule has 3 unspecified atom stereocenters. The minimum absolute atomic E-state index is 0.228. The highest BCUT2D eigenvalue weighted by molar-refractivity contribution is 8.00. The van der Waals surface area contributed by atoms with Crippen LogP contribution in [-0.4, -0.2) is 62.1 Å². The third-order valence-corrected chi connectivity index (χ3v) is 3.46. The second-order valence-electron chi connectivity index (χ2n) is 3.88. The number of thioether (sulfide) groups is 1. The molecule has 0 aromatic carbocycles. The average molecular weight is 238 g/mol. The van der Waals surface area contributed by atoms with Crippen molar-refractivity contribution in [3.05, 3.63) is 0 Å². The van der Waals surface area contributed by atoms with Gasteiger partial charge in [-0.3, -0.25) is 0 Å². The minimum Gasteiger partial charge on any atom is -0.394 e. The van der Waals surface area contributed by atoms with Gasteiger partial charge in [-0.05, 0) is 0 Å². The molecule has 4 N–H and O–H groups in total. The molecule has 1 heterocycles. The number of aliphatic hydroxyl groups excluding tert-OH is 4. The second kappa shape index (κ2) is 5.47. The third kappa shape index (κ3) is 3.05. The van der Waals surface area contributed by atoms with Crippen molar-refractivity contribution in [2.24, 2.45) is 0 Å². The number of hydrogen-bond acceptors (Lipinski definition) is 6. The molecule has 0 aromatic rings. The van der Waals surface area contributed by atoms with Crippen LogP contribution >= 0.6 is 11.8 Å². The van der Waals surface area contributed by atoms with Crippen LogP contribution in [-0.2, 0) is 4.74 Å². The molecule has 0 spiro atoms. The first-order valence-corrected chi connectivity index (χ1v) is 5.87. The summed E-state index contributed by atoms with van der Waals surface area (Å²) in [6.45, 7) is 3.50. The van der Waals surface area contributed by atoms with Gasteiger partial charge in [0.25, 0.3) is 0 Å². The Bertz CT molecular complexity index is 199. The van der Waals surface area contributed by atoms with E-state index in [0.717, 1.165) is 0 Å². The van der Waals surface area contributed by atoms with Crippen molar-refractivity contribution in [3.63, 3.8) is 0 Å². The van der Waals surface area contributed by atoms with Crippen LogP contribution in [0.1, 0.15) is 13.8 Å². The molecular weight excluding hydrogens is 220 g/mol. The maximum Gasteiger partial charge on any atom is 0.132 e. The smallest absolute Gasteiger partial charge is 0.132 e. The van der Waals surface area contributed by atoms with Crippen LogP contribution in [0.2, 0.25) is 0 Å². The maximum absolute atomic E-state index is 9.63. The average Bonchev–Trinajstić information content (AvgIpc) is 2.18. The zero-order valence-electron chi connectivity index (χ0n) is 8.78. The van der Waals surface area contributed by atoms with Crippen molar-refractivity contribution in [2.45, 2.75) is 48.9 Å². The SMILES string of the molecule is CC(C)S[C@@H]1OC(CO)[C@H](O)C(O)C1O. The normalized spacial score (nSPS) is 42.2. The number of aliphatic hydroxyl groups is 4. The number of rotatable bonds is 3. The summed E-state index contributed by atoms with van der Waals surface area (Å²) in [7, 11) is 0. The largest absolute Gasteiger partial charge is 0.394 e. The van der Waals surface area contributed by atoms with Gasteiger partial charge in [0.1, 0.15) is 29.9 Å². The molecule has 6 heteroatoms. The van der Waals surface area contributed by atoms with E-state index in [-0.39, 0.29) is 11.9 Å². The van der Waals surface area contributed by atoms with Crippen molar-refractivity contribution in [2.75, 3.05) is 6.61 Å². The fourth-order valence-electron chi connectivity index (χ4n) is 1.45. The molecule has 90 valence electrons.